The Balaban J connectivity index is 1.85. The fraction of sp³-hybridized carbons (Fsp3) is 0. The van der Waals surface area contributed by atoms with Gasteiger partial charge in [0.2, 0.25) is 0 Å². The Kier molecular flexibility index (Phi) is 4.79. The fourth-order valence-corrected chi connectivity index (χ4v) is 1.76. The van der Waals surface area contributed by atoms with Crippen molar-refractivity contribution in [1.82, 2.24) is 5.32 Å². The van der Waals surface area contributed by atoms with E-state index in [1.54, 1.807) is 24.4 Å². The summed E-state index contributed by atoms with van der Waals surface area (Å²) in [5.74, 6) is 0.158. The van der Waals surface area contributed by atoms with Crippen molar-refractivity contribution in [3.05, 3.63) is 64.8 Å². The van der Waals surface area contributed by atoms with Gasteiger partial charge in [0.1, 0.15) is 5.75 Å². The average Bonchev–Trinajstić information content (AvgIpc) is 2.44. The molecule has 0 fully saturated rings. The number of urea groups is 1. The standard InChI is InChI=1S/C15H13BrN2O2/c16-12-3-1-11(2-4-12)9-10-17-15(20)18-13-5-7-14(19)8-6-13/h1-10,19H,(H2,17,18,20)/b10-9+. The van der Waals surface area contributed by atoms with E-state index in [-0.39, 0.29) is 11.8 Å². The van der Waals surface area contributed by atoms with E-state index in [1.807, 2.05) is 24.3 Å². The normalized spacial score (nSPS) is 10.4. The van der Waals surface area contributed by atoms with E-state index >= 15 is 0 Å². The highest BCUT2D eigenvalue weighted by Crippen LogP contribution is 2.13. The van der Waals surface area contributed by atoms with Crippen LogP contribution in [0, 0.1) is 0 Å². The van der Waals surface area contributed by atoms with E-state index in [1.165, 1.54) is 12.1 Å². The topological polar surface area (TPSA) is 61.4 Å². The molecule has 2 aromatic rings. The number of aromatic hydroxyl groups is 1. The van der Waals surface area contributed by atoms with Gasteiger partial charge >= 0.3 is 6.03 Å². The maximum Gasteiger partial charge on any atom is 0.323 e. The van der Waals surface area contributed by atoms with Crippen LogP contribution in [0.5, 0.6) is 5.75 Å². The molecule has 0 bridgehead atoms. The van der Waals surface area contributed by atoms with Gasteiger partial charge in [-0.2, -0.15) is 0 Å². The van der Waals surface area contributed by atoms with Crippen LogP contribution in [0.15, 0.2) is 59.2 Å². The second-order valence-corrected chi connectivity index (χ2v) is 4.95. The number of rotatable bonds is 3. The number of halogens is 1. The van der Waals surface area contributed by atoms with Crippen LogP contribution in [-0.2, 0) is 0 Å². The summed E-state index contributed by atoms with van der Waals surface area (Å²) in [4.78, 5) is 11.6. The van der Waals surface area contributed by atoms with Crippen molar-refractivity contribution < 1.29 is 9.90 Å². The predicted molar refractivity (Wildman–Crippen MR) is 83.4 cm³/mol. The molecule has 0 radical (unpaired) electrons. The molecule has 102 valence electrons. The summed E-state index contributed by atoms with van der Waals surface area (Å²) < 4.78 is 1.01. The summed E-state index contributed by atoms with van der Waals surface area (Å²) >= 11 is 3.36. The van der Waals surface area contributed by atoms with Crippen LogP contribution < -0.4 is 10.6 Å². The molecule has 3 N–H and O–H groups in total. The van der Waals surface area contributed by atoms with E-state index in [0.29, 0.717) is 5.69 Å². The molecule has 4 nitrogen and oxygen atoms in total. The first-order chi connectivity index (χ1) is 9.63. The largest absolute Gasteiger partial charge is 0.508 e. The van der Waals surface area contributed by atoms with Crippen LogP contribution in [0.25, 0.3) is 6.08 Å². The number of phenolic OH excluding ortho intramolecular Hbond substituents is 1. The van der Waals surface area contributed by atoms with Gasteiger partial charge < -0.3 is 15.7 Å². The van der Waals surface area contributed by atoms with Gasteiger partial charge in [-0.1, -0.05) is 28.1 Å². The minimum Gasteiger partial charge on any atom is -0.508 e. The van der Waals surface area contributed by atoms with Crippen molar-refractivity contribution in [2.24, 2.45) is 0 Å². The highest BCUT2D eigenvalue weighted by Gasteiger charge is 1.98. The number of carbonyl (C=O) groups is 1. The zero-order chi connectivity index (χ0) is 14.4. The zero-order valence-electron chi connectivity index (χ0n) is 10.5. The maximum atomic E-state index is 11.6. The van der Waals surface area contributed by atoms with Crippen molar-refractivity contribution in [3.63, 3.8) is 0 Å². The Bertz CT molecular complexity index is 607. The number of benzene rings is 2. The number of hydrogen-bond acceptors (Lipinski definition) is 2. The molecule has 0 aliphatic heterocycles. The molecule has 5 heteroatoms. The Hall–Kier alpha value is -2.27. The summed E-state index contributed by atoms with van der Waals surface area (Å²) in [6, 6.07) is 13.6. The molecule has 0 atom stereocenters. The first-order valence-corrected chi connectivity index (χ1v) is 6.71. The maximum absolute atomic E-state index is 11.6. The molecular formula is C15H13BrN2O2. The third-order valence-corrected chi connectivity index (χ3v) is 3.01. The molecule has 2 aromatic carbocycles. The molecule has 0 spiro atoms. The third kappa shape index (κ3) is 4.44. The first-order valence-electron chi connectivity index (χ1n) is 5.92. The smallest absolute Gasteiger partial charge is 0.323 e. The van der Waals surface area contributed by atoms with Crippen LogP contribution in [0.1, 0.15) is 5.56 Å². The lowest BCUT2D eigenvalue weighted by molar-refractivity contribution is 0.255. The number of hydrogen-bond donors (Lipinski definition) is 3. The Morgan fingerprint density at radius 2 is 1.70 bits per heavy atom. The van der Waals surface area contributed by atoms with Crippen molar-refractivity contribution >= 4 is 33.7 Å². The molecular weight excluding hydrogens is 320 g/mol. The molecule has 0 heterocycles. The number of anilines is 1. The lowest BCUT2D eigenvalue weighted by Gasteiger charge is -2.04. The molecule has 0 saturated heterocycles. The van der Waals surface area contributed by atoms with Crippen LogP contribution in [0.4, 0.5) is 10.5 Å². The van der Waals surface area contributed by atoms with Gasteiger partial charge in [0.15, 0.2) is 0 Å². The van der Waals surface area contributed by atoms with Crippen molar-refractivity contribution in [2.45, 2.75) is 0 Å². The monoisotopic (exact) mass is 332 g/mol. The van der Waals surface area contributed by atoms with Gasteiger partial charge in [-0.25, -0.2) is 4.79 Å². The van der Waals surface area contributed by atoms with Crippen LogP contribution in [0.3, 0.4) is 0 Å². The quantitative estimate of drug-likeness (QED) is 0.745. The van der Waals surface area contributed by atoms with E-state index in [4.69, 9.17) is 5.11 Å². The molecule has 0 aromatic heterocycles. The van der Waals surface area contributed by atoms with Gasteiger partial charge in [-0.05, 0) is 48.0 Å². The molecule has 0 unspecified atom stereocenters. The summed E-state index contributed by atoms with van der Waals surface area (Å²) in [7, 11) is 0. The number of amides is 2. The van der Waals surface area contributed by atoms with Crippen molar-refractivity contribution in [1.29, 1.82) is 0 Å². The molecule has 0 saturated carbocycles. The minimum atomic E-state index is -0.343. The second-order valence-electron chi connectivity index (χ2n) is 4.03. The Morgan fingerprint density at radius 3 is 2.35 bits per heavy atom. The number of nitrogens with one attached hydrogen (secondary N) is 2. The van der Waals surface area contributed by atoms with Crippen LogP contribution in [-0.4, -0.2) is 11.1 Å². The lowest BCUT2D eigenvalue weighted by atomic mass is 10.2. The number of phenols is 1. The summed E-state index contributed by atoms with van der Waals surface area (Å²) in [6.07, 6.45) is 3.36. The Labute approximate surface area is 125 Å². The van der Waals surface area contributed by atoms with E-state index in [9.17, 15) is 4.79 Å². The molecule has 0 aliphatic carbocycles. The highest BCUT2D eigenvalue weighted by molar-refractivity contribution is 9.10. The van der Waals surface area contributed by atoms with Crippen molar-refractivity contribution in [3.8, 4) is 5.75 Å². The lowest BCUT2D eigenvalue weighted by Crippen LogP contribution is -2.23. The van der Waals surface area contributed by atoms with Gasteiger partial charge in [0.25, 0.3) is 0 Å². The highest BCUT2D eigenvalue weighted by atomic mass is 79.9. The minimum absolute atomic E-state index is 0.158. The zero-order valence-corrected chi connectivity index (χ0v) is 12.1. The summed E-state index contributed by atoms with van der Waals surface area (Å²) in [5.41, 5.74) is 1.59. The van der Waals surface area contributed by atoms with E-state index < -0.39 is 0 Å². The molecule has 20 heavy (non-hydrogen) atoms. The van der Waals surface area contributed by atoms with E-state index in [0.717, 1.165) is 10.0 Å². The Morgan fingerprint density at radius 1 is 1.05 bits per heavy atom. The van der Waals surface area contributed by atoms with Crippen molar-refractivity contribution in [2.75, 3.05) is 5.32 Å². The first kappa shape index (κ1) is 14.1. The SMILES string of the molecule is O=C(N/C=C/c1ccc(Br)cc1)Nc1ccc(O)cc1. The van der Waals surface area contributed by atoms with Gasteiger partial charge in [0, 0.05) is 16.4 Å². The van der Waals surface area contributed by atoms with Gasteiger partial charge in [-0.15, -0.1) is 0 Å². The van der Waals surface area contributed by atoms with Gasteiger partial charge in [-0.3, -0.25) is 0 Å². The van der Waals surface area contributed by atoms with Crippen LogP contribution >= 0.6 is 15.9 Å². The average molecular weight is 333 g/mol. The summed E-state index contributed by atoms with van der Waals surface area (Å²) in [5, 5.41) is 14.4. The predicted octanol–water partition coefficient (Wildman–Crippen LogP) is 3.95. The summed E-state index contributed by atoms with van der Waals surface area (Å²) in [6.45, 7) is 0. The van der Waals surface area contributed by atoms with Gasteiger partial charge in [0.05, 0.1) is 0 Å². The van der Waals surface area contributed by atoms with E-state index in [2.05, 4.69) is 26.6 Å². The third-order valence-electron chi connectivity index (χ3n) is 2.49. The molecule has 2 rings (SSSR count). The molecule has 2 amide bonds. The van der Waals surface area contributed by atoms with Crippen LogP contribution in [0.2, 0.25) is 0 Å². The second kappa shape index (κ2) is 6.77. The fourth-order valence-electron chi connectivity index (χ4n) is 1.50. The molecule has 0 aliphatic rings. The number of carbonyl (C=O) groups excluding carboxylic acids is 1.